The van der Waals surface area contributed by atoms with Crippen LogP contribution in [0.5, 0.6) is 5.75 Å². The van der Waals surface area contributed by atoms with Crippen LogP contribution in [-0.2, 0) is 23.8 Å². The van der Waals surface area contributed by atoms with Crippen molar-refractivity contribution >= 4 is 16.8 Å². The quantitative estimate of drug-likeness (QED) is 0.538. The van der Waals surface area contributed by atoms with Crippen LogP contribution >= 0.6 is 0 Å². The largest absolute Gasteiger partial charge is 0.497 e. The number of hydrogen-bond acceptors (Lipinski definition) is 5. The molecule has 38 heavy (non-hydrogen) atoms. The molecule has 7 nitrogen and oxygen atoms in total. The summed E-state index contributed by atoms with van der Waals surface area (Å²) in [7, 11) is 3.83. The van der Waals surface area contributed by atoms with Gasteiger partial charge in [-0.1, -0.05) is 19.3 Å². The van der Waals surface area contributed by atoms with Gasteiger partial charge in [0, 0.05) is 74.1 Å². The fourth-order valence-electron chi connectivity index (χ4n) is 7.52. The van der Waals surface area contributed by atoms with E-state index < -0.39 is 0 Å². The third-order valence-electron chi connectivity index (χ3n) is 9.54. The number of aryl methyl sites for hydroxylation is 1. The van der Waals surface area contributed by atoms with E-state index >= 15 is 0 Å². The maximum atomic E-state index is 13.4. The summed E-state index contributed by atoms with van der Waals surface area (Å²) in [6, 6.07) is 10.4. The Kier molecular flexibility index (Phi) is 6.91. The normalized spacial score (nSPS) is 22.1. The van der Waals surface area contributed by atoms with Gasteiger partial charge in [-0.15, -0.1) is 0 Å². The average molecular weight is 517 g/mol. The van der Waals surface area contributed by atoms with Crippen LogP contribution in [0.3, 0.4) is 0 Å². The van der Waals surface area contributed by atoms with Gasteiger partial charge < -0.3 is 19.3 Å². The van der Waals surface area contributed by atoms with Gasteiger partial charge >= 0.3 is 0 Å². The molecule has 1 saturated heterocycles. The van der Waals surface area contributed by atoms with Gasteiger partial charge in [0.25, 0.3) is 0 Å². The van der Waals surface area contributed by atoms with Crippen molar-refractivity contribution in [2.45, 2.75) is 62.9 Å². The third-order valence-corrected chi connectivity index (χ3v) is 9.54. The van der Waals surface area contributed by atoms with Crippen LogP contribution in [0.15, 0.2) is 42.7 Å². The highest BCUT2D eigenvalue weighted by Gasteiger charge is 2.48. The topological polar surface area (TPSA) is 70.8 Å². The van der Waals surface area contributed by atoms with Crippen molar-refractivity contribution in [3.05, 3.63) is 59.5 Å². The van der Waals surface area contributed by atoms with Crippen molar-refractivity contribution < 1.29 is 14.6 Å². The first-order valence-corrected chi connectivity index (χ1v) is 14.2. The number of methoxy groups -OCH3 is 1. The number of piperidine rings is 1. The summed E-state index contributed by atoms with van der Waals surface area (Å²) in [5, 5.41) is 12.0. The Morgan fingerprint density at radius 3 is 2.53 bits per heavy atom. The van der Waals surface area contributed by atoms with Gasteiger partial charge in [0.1, 0.15) is 5.75 Å². The van der Waals surface area contributed by atoms with Crippen LogP contribution in [-0.4, -0.2) is 63.7 Å². The van der Waals surface area contributed by atoms with E-state index in [4.69, 9.17) is 4.74 Å². The van der Waals surface area contributed by atoms with E-state index in [9.17, 15) is 9.90 Å². The van der Waals surface area contributed by atoms with Crippen molar-refractivity contribution in [3.8, 4) is 5.75 Å². The number of rotatable bonds is 5. The van der Waals surface area contributed by atoms with E-state index in [0.717, 1.165) is 63.1 Å². The number of aliphatic hydroxyl groups excluding tert-OH is 1. The Balaban J connectivity index is 1.39. The summed E-state index contributed by atoms with van der Waals surface area (Å²) in [4.78, 5) is 22.2. The van der Waals surface area contributed by atoms with E-state index in [1.54, 1.807) is 7.11 Å². The number of carbonyl (C=O) groups is 1. The number of likely N-dealkylation sites (tertiary alicyclic amines) is 1. The molecule has 7 heteroatoms. The van der Waals surface area contributed by atoms with Crippen LogP contribution < -0.4 is 4.74 Å². The second kappa shape index (κ2) is 10.3. The van der Waals surface area contributed by atoms with Gasteiger partial charge in [0.2, 0.25) is 5.91 Å². The highest BCUT2D eigenvalue weighted by molar-refractivity contribution is 5.89. The predicted molar refractivity (Wildman–Crippen MR) is 148 cm³/mol. The molecule has 1 saturated carbocycles. The van der Waals surface area contributed by atoms with Gasteiger partial charge in [-0.05, 0) is 61.1 Å². The smallest absolute Gasteiger partial charge is 0.225 e. The number of carbonyl (C=O) groups excluding carboxylic acids is 1. The minimum Gasteiger partial charge on any atom is -0.497 e. The number of nitrogens with zero attached hydrogens (tertiary/aromatic N) is 4. The fourth-order valence-corrected chi connectivity index (χ4v) is 7.52. The van der Waals surface area contributed by atoms with E-state index in [-0.39, 0.29) is 24.0 Å². The average Bonchev–Trinajstić information content (AvgIpc) is 3.26. The van der Waals surface area contributed by atoms with Gasteiger partial charge in [-0.2, -0.15) is 0 Å². The minimum absolute atomic E-state index is 0.0573. The molecule has 0 bridgehead atoms. The maximum absolute atomic E-state index is 13.4. The first-order chi connectivity index (χ1) is 18.5. The van der Waals surface area contributed by atoms with Crippen molar-refractivity contribution in [1.29, 1.82) is 0 Å². The molecule has 3 aromatic rings. The maximum Gasteiger partial charge on any atom is 0.225 e. The molecule has 0 unspecified atom stereocenters. The number of pyridine rings is 1. The second-order valence-electron chi connectivity index (χ2n) is 11.6. The Morgan fingerprint density at radius 2 is 1.84 bits per heavy atom. The molecule has 4 heterocycles. The van der Waals surface area contributed by atoms with Crippen molar-refractivity contribution in [3.63, 3.8) is 0 Å². The fraction of sp³-hybridized carbons (Fsp3) is 0.548. The van der Waals surface area contributed by atoms with Crippen molar-refractivity contribution in [1.82, 2.24) is 19.4 Å². The zero-order valence-corrected chi connectivity index (χ0v) is 22.7. The van der Waals surface area contributed by atoms with Crippen LogP contribution in [0.2, 0.25) is 0 Å². The zero-order chi connectivity index (χ0) is 26.3. The summed E-state index contributed by atoms with van der Waals surface area (Å²) in [6.45, 7) is 3.28. The monoisotopic (exact) mass is 516 g/mol. The minimum atomic E-state index is -0.103. The summed E-state index contributed by atoms with van der Waals surface area (Å²) in [5.41, 5.74) is 4.82. The molecule has 6 rings (SSSR count). The molecule has 2 aromatic heterocycles. The molecular weight excluding hydrogens is 476 g/mol. The first-order valence-electron chi connectivity index (χ1n) is 14.2. The number of aliphatic hydroxyl groups is 1. The lowest BCUT2D eigenvalue weighted by Gasteiger charge is -2.51. The molecule has 1 amide bonds. The second-order valence-corrected chi connectivity index (χ2v) is 11.6. The van der Waals surface area contributed by atoms with E-state index in [1.165, 1.54) is 41.5 Å². The standard InChI is InChI=1S/C31H40N4O3/c1-33-26-18-24(38-2)8-9-25(26)28-29(33)27(20-36)35(19-22-10-14-32-15-11-22)21-31(28)12-16-34(17-13-31)30(37)23-6-4-3-5-7-23/h8-11,14-15,18,23,27,36H,3-7,12-13,16-17,19-21H2,1-2H3/t27-/m1/s1. The Morgan fingerprint density at radius 1 is 1.11 bits per heavy atom. The van der Waals surface area contributed by atoms with Gasteiger partial charge in [0.05, 0.1) is 25.3 Å². The third kappa shape index (κ3) is 4.30. The molecule has 1 atom stereocenters. The molecule has 2 fully saturated rings. The lowest BCUT2D eigenvalue weighted by Crippen LogP contribution is -2.55. The molecule has 0 radical (unpaired) electrons. The molecular formula is C31H40N4O3. The molecule has 202 valence electrons. The van der Waals surface area contributed by atoms with E-state index in [2.05, 4.69) is 56.7 Å². The zero-order valence-electron chi connectivity index (χ0n) is 22.7. The molecule has 1 aromatic carbocycles. The van der Waals surface area contributed by atoms with Gasteiger partial charge in [-0.3, -0.25) is 14.7 Å². The number of benzene rings is 1. The molecule has 1 N–H and O–H groups in total. The molecule has 3 aliphatic rings. The highest BCUT2D eigenvalue weighted by atomic mass is 16.5. The first kappa shape index (κ1) is 25.4. The lowest BCUT2D eigenvalue weighted by atomic mass is 9.68. The number of amides is 1. The van der Waals surface area contributed by atoms with Gasteiger partial charge in [-0.25, -0.2) is 0 Å². The van der Waals surface area contributed by atoms with Crippen LogP contribution in [0.25, 0.3) is 10.9 Å². The SMILES string of the molecule is COc1ccc2c3c(n(C)c2c1)[C@@H](CO)N(Cc1ccncc1)CC31CCN(C(=O)C2CCCCC2)CC1. The summed E-state index contributed by atoms with van der Waals surface area (Å²) >= 11 is 0. The van der Waals surface area contributed by atoms with Crippen LogP contribution in [0, 0.1) is 5.92 Å². The van der Waals surface area contributed by atoms with Crippen LogP contribution in [0.4, 0.5) is 0 Å². The lowest BCUT2D eigenvalue weighted by molar-refractivity contribution is -0.138. The Hall–Kier alpha value is -2.90. The Bertz CT molecular complexity index is 1290. The number of ether oxygens (including phenoxy) is 1. The van der Waals surface area contributed by atoms with Gasteiger partial charge in [0.15, 0.2) is 0 Å². The highest BCUT2D eigenvalue weighted by Crippen LogP contribution is 2.50. The van der Waals surface area contributed by atoms with Crippen LogP contribution in [0.1, 0.15) is 67.8 Å². The molecule has 2 aliphatic heterocycles. The van der Waals surface area contributed by atoms with E-state index in [0.29, 0.717) is 5.91 Å². The summed E-state index contributed by atoms with van der Waals surface area (Å²) < 4.78 is 7.85. The number of hydrogen-bond donors (Lipinski definition) is 1. The van der Waals surface area contributed by atoms with Crippen molar-refractivity contribution in [2.24, 2.45) is 13.0 Å². The number of aromatic nitrogens is 2. The number of fused-ring (bicyclic) bond motifs is 4. The summed E-state index contributed by atoms with van der Waals surface area (Å²) in [5.74, 6) is 1.43. The Labute approximate surface area is 225 Å². The molecule has 1 spiro atoms. The molecule has 1 aliphatic carbocycles. The summed E-state index contributed by atoms with van der Waals surface area (Å²) in [6.07, 6.45) is 11.3. The van der Waals surface area contributed by atoms with E-state index in [1.807, 2.05) is 12.4 Å². The predicted octanol–water partition coefficient (Wildman–Crippen LogP) is 4.57. The van der Waals surface area contributed by atoms with Crippen molar-refractivity contribution in [2.75, 3.05) is 33.4 Å².